The van der Waals surface area contributed by atoms with Crippen molar-refractivity contribution in [3.8, 4) is 11.5 Å². The van der Waals surface area contributed by atoms with Gasteiger partial charge >= 0.3 is 0 Å². The summed E-state index contributed by atoms with van der Waals surface area (Å²) < 4.78 is 11.8. The van der Waals surface area contributed by atoms with Crippen molar-refractivity contribution in [2.45, 2.75) is 65.5 Å². The normalized spacial score (nSPS) is 10.5. The Labute approximate surface area is 197 Å². The summed E-state index contributed by atoms with van der Waals surface area (Å²) in [6.45, 7) is 6.87. The van der Waals surface area contributed by atoms with Crippen LogP contribution in [0.15, 0.2) is 36.4 Å². The molecule has 0 atom stereocenters. The molecule has 2 aromatic carbocycles. The molecule has 3 nitrogen and oxygen atoms in total. The Morgan fingerprint density at radius 3 is 2.33 bits per heavy atom. The maximum absolute atomic E-state index is 6.52. The molecule has 0 heterocycles. The summed E-state index contributed by atoms with van der Waals surface area (Å²) in [5.74, 6) is 1.23. The smallest absolute Gasteiger partial charge is 0.180 e. The highest BCUT2D eigenvalue weighted by atomic mass is 35.5. The number of ether oxygens (including phenoxy) is 2. The van der Waals surface area contributed by atoms with Crippen molar-refractivity contribution in [1.29, 1.82) is 0 Å². The van der Waals surface area contributed by atoms with E-state index < -0.39 is 0 Å². The fourth-order valence-corrected chi connectivity index (χ4v) is 3.63. The van der Waals surface area contributed by atoms with Crippen LogP contribution in [-0.4, -0.2) is 13.2 Å². The summed E-state index contributed by atoms with van der Waals surface area (Å²) in [4.78, 5) is 0. The summed E-state index contributed by atoms with van der Waals surface area (Å²) in [7, 11) is 0. The maximum atomic E-state index is 6.52. The van der Waals surface area contributed by atoms with E-state index in [9.17, 15) is 0 Å². The Morgan fingerprint density at radius 1 is 0.867 bits per heavy atom. The van der Waals surface area contributed by atoms with Crippen LogP contribution in [0.1, 0.15) is 63.5 Å². The van der Waals surface area contributed by atoms with Crippen LogP contribution >= 0.6 is 35.6 Å². The third-order valence-corrected chi connectivity index (χ3v) is 5.38. The van der Waals surface area contributed by atoms with Gasteiger partial charge in [0.25, 0.3) is 0 Å². The third-order valence-electron chi connectivity index (χ3n) is 4.74. The molecule has 0 aromatic heterocycles. The molecule has 0 amide bonds. The van der Waals surface area contributed by atoms with E-state index in [1.807, 2.05) is 43.3 Å². The molecule has 0 saturated carbocycles. The van der Waals surface area contributed by atoms with Gasteiger partial charge in [0.2, 0.25) is 0 Å². The van der Waals surface area contributed by atoms with Gasteiger partial charge in [0.05, 0.1) is 11.6 Å². The lowest BCUT2D eigenvalue weighted by molar-refractivity contribution is 0.269. The fourth-order valence-electron chi connectivity index (χ4n) is 3.15. The van der Waals surface area contributed by atoms with E-state index in [2.05, 4.69) is 12.2 Å². The zero-order valence-corrected chi connectivity index (χ0v) is 20.3. The van der Waals surface area contributed by atoms with Crippen molar-refractivity contribution in [2.24, 2.45) is 0 Å². The van der Waals surface area contributed by atoms with Crippen molar-refractivity contribution in [3.63, 3.8) is 0 Å². The second kappa shape index (κ2) is 15.6. The van der Waals surface area contributed by atoms with Crippen molar-refractivity contribution >= 4 is 35.6 Å². The quantitative estimate of drug-likeness (QED) is 0.283. The van der Waals surface area contributed by atoms with Crippen LogP contribution in [0.5, 0.6) is 11.5 Å². The first kappa shape index (κ1) is 26.9. The van der Waals surface area contributed by atoms with E-state index in [0.29, 0.717) is 34.8 Å². The number of rotatable bonds is 14. The highest BCUT2D eigenvalue weighted by Crippen LogP contribution is 2.37. The van der Waals surface area contributed by atoms with Gasteiger partial charge in [0.1, 0.15) is 6.61 Å². The Kier molecular flexibility index (Phi) is 14.0. The number of unbranched alkanes of at least 4 members (excludes halogenated alkanes) is 5. The number of hydrogen-bond donors (Lipinski definition) is 1. The molecule has 2 rings (SSSR count). The highest BCUT2D eigenvalue weighted by molar-refractivity contribution is 6.32. The average molecular weight is 475 g/mol. The van der Waals surface area contributed by atoms with Crippen molar-refractivity contribution in [3.05, 3.63) is 57.6 Å². The zero-order valence-electron chi connectivity index (χ0n) is 18.0. The lowest BCUT2D eigenvalue weighted by Crippen LogP contribution is -2.15. The van der Waals surface area contributed by atoms with E-state index in [1.165, 1.54) is 38.5 Å². The first-order chi connectivity index (χ1) is 14.2. The first-order valence-corrected chi connectivity index (χ1v) is 11.4. The standard InChI is InChI=1S/C24H33Cl2NO2.ClH/c1-3-5-6-7-8-11-14-27-17-19-15-22(26)24(23(16-19)28-4-2)29-18-20-12-9-10-13-21(20)25;/h9-10,12-13,15-16,27H,3-8,11,14,17-18H2,1-2H3;1H. The van der Waals surface area contributed by atoms with Gasteiger partial charge < -0.3 is 14.8 Å². The Morgan fingerprint density at radius 2 is 1.60 bits per heavy atom. The van der Waals surface area contributed by atoms with Gasteiger partial charge in [-0.2, -0.15) is 0 Å². The molecule has 30 heavy (non-hydrogen) atoms. The molecule has 0 spiro atoms. The van der Waals surface area contributed by atoms with Gasteiger partial charge in [0, 0.05) is 17.1 Å². The van der Waals surface area contributed by atoms with Crippen LogP contribution in [-0.2, 0) is 13.2 Å². The van der Waals surface area contributed by atoms with Gasteiger partial charge in [-0.25, -0.2) is 0 Å². The molecule has 0 fully saturated rings. The molecule has 0 aliphatic carbocycles. The minimum Gasteiger partial charge on any atom is -0.490 e. The minimum atomic E-state index is 0. The van der Waals surface area contributed by atoms with Crippen LogP contribution in [0.3, 0.4) is 0 Å². The first-order valence-electron chi connectivity index (χ1n) is 10.7. The zero-order chi connectivity index (χ0) is 20.9. The average Bonchev–Trinajstić information content (AvgIpc) is 2.71. The number of nitrogens with one attached hydrogen (secondary N) is 1. The summed E-state index contributed by atoms with van der Waals surface area (Å²) in [6, 6.07) is 11.6. The van der Waals surface area contributed by atoms with E-state index in [4.69, 9.17) is 32.7 Å². The molecular weight excluding hydrogens is 441 g/mol. The molecule has 0 aliphatic heterocycles. The summed E-state index contributed by atoms with van der Waals surface area (Å²) >= 11 is 12.7. The number of halogens is 3. The lowest BCUT2D eigenvalue weighted by Gasteiger charge is -2.16. The summed E-state index contributed by atoms with van der Waals surface area (Å²) in [6.07, 6.45) is 7.80. The summed E-state index contributed by atoms with van der Waals surface area (Å²) in [5.41, 5.74) is 2.01. The van der Waals surface area contributed by atoms with Crippen LogP contribution in [0.2, 0.25) is 10.0 Å². The molecule has 0 unspecified atom stereocenters. The molecule has 1 N–H and O–H groups in total. The molecule has 0 saturated heterocycles. The van der Waals surface area contributed by atoms with E-state index >= 15 is 0 Å². The van der Waals surface area contributed by atoms with Crippen LogP contribution in [0.4, 0.5) is 0 Å². The molecule has 2 aromatic rings. The minimum absolute atomic E-state index is 0. The number of benzene rings is 2. The van der Waals surface area contributed by atoms with Crippen LogP contribution in [0, 0.1) is 0 Å². The Balaban J connectivity index is 0.00000450. The molecule has 0 radical (unpaired) electrons. The maximum Gasteiger partial charge on any atom is 0.180 e. The molecule has 0 bridgehead atoms. The van der Waals surface area contributed by atoms with Gasteiger partial charge in [-0.3, -0.25) is 0 Å². The summed E-state index contributed by atoms with van der Waals surface area (Å²) in [5, 5.41) is 4.73. The van der Waals surface area contributed by atoms with Crippen molar-refractivity contribution < 1.29 is 9.47 Å². The number of hydrogen-bond acceptors (Lipinski definition) is 3. The predicted molar refractivity (Wildman–Crippen MR) is 131 cm³/mol. The van der Waals surface area contributed by atoms with E-state index in [1.54, 1.807) is 0 Å². The molecule has 168 valence electrons. The van der Waals surface area contributed by atoms with Crippen LogP contribution in [0.25, 0.3) is 0 Å². The Hall–Kier alpha value is -1.13. The Bertz CT molecular complexity index is 740. The van der Waals surface area contributed by atoms with Gasteiger partial charge in [0.15, 0.2) is 11.5 Å². The molecular formula is C24H34Cl3NO2. The predicted octanol–water partition coefficient (Wildman–Crippen LogP) is 7.84. The fraction of sp³-hybridized carbons (Fsp3) is 0.500. The highest BCUT2D eigenvalue weighted by Gasteiger charge is 2.13. The lowest BCUT2D eigenvalue weighted by atomic mass is 10.1. The van der Waals surface area contributed by atoms with E-state index in [0.717, 1.165) is 24.2 Å². The van der Waals surface area contributed by atoms with Crippen LogP contribution < -0.4 is 14.8 Å². The van der Waals surface area contributed by atoms with Gasteiger partial charge in [-0.05, 0) is 43.7 Å². The second-order valence-electron chi connectivity index (χ2n) is 7.16. The van der Waals surface area contributed by atoms with Gasteiger partial charge in [-0.15, -0.1) is 12.4 Å². The largest absolute Gasteiger partial charge is 0.490 e. The molecule has 6 heteroatoms. The van der Waals surface area contributed by atoms with Crippen molar-refractivity contribution in [2.75, 3.05) is 13.2 Å². The topological polar surface area (TPSA) is 30.5 Å². The SMILES string of the molecule is CCCCCCCCNCc1cc(Cl)c(OCc2ccccc2Cl)c(OCC)c1.Cl. The van der Waals surface area contributed by atoms with Crippen molar-refractivity contribution in [1.82, 2.24) is 5.32 Å². The monoisotopic (exact) mass is 473 g/mol. The third kappa shape index (κ3) is 9.34. The molecule has 0 aliphatic rings. The second-order valence-corrected chi connectivity index (χ2v) is 7.98. The van der Waals surface area contributed by atoms with E-state index in [-0.39, 0.29) is 12.4 Å². The van der Waals surface area contributed by atoms with Gasteiger partial charge in [-0.1, -0.05) is 80.4 Å².